The molecule has 0 atom stereocenters. The molecule has 1 heterocycles. The van der Waals surface area contributed by atoms with Crippen molar-refractivity contribution in [3.8, 4) is 0 Å². The van der Waals surface area contributed by atoms with Crippen LogP contribution in [0.2, 0.25) is 0 Å². The molecule has 0 spiro atoms. The molecular formula is C9H14Te. The van der Waals surface area contributed by atoms with Gasteiger partial charge in [0.15, 0.2) is 0 Å². The van der Waals surface area contributed by atoms with Crippen LogP contribution in [0.4, 0.5) is 0 Å². The van der Waals surface area contributed by atoms with Gasteiger partial charge in [-0.25, -0.2) is 0 Å². The van der Waals surface area contributed by atoms with Crippen molar-refractivity contribution in [1.82, 2.24) is 0 Å². The van der Waals surface area contributed by atoms with Gasteiger partial charge < -0.3 is 0 Å². The maximum absolute atomic E-state index is 2.46. The molecule has 0 nitrogen and oxygen atoms in total. The summed E-state index contributed by atoms with van der Waals surface area (Å²) in [7, 11) is 0. The third kappa shape index (κ3) is 2.90. The normalized spacial score (nSPS) is 10.1. The number of hydrogen-bond donors (Lipinski definition) is 0. The molecule has 0 aliphatic rings. The SMILES string of the molecule is CCCCCc1cc[te]c1. The second-order valence-corrected chi connectivity index (χ2v) is 4.81. The molecule has 1 aromatic heterocycles. The van der Waals surface area contributed by atoms with E-state index in [0.29, 0.717) is 0 Å². The maximum atomic E-state index is 2.46. The summed E-state index contributed by atoms with van der Waals surface area (Å²) in [4.78, 5) is 0. The molecule has 1 rings (SSSR count). The molecule has 1 heteroatoms. The molecule has 10 heavy (non-hydrogen) atoms. The Morgan fingerprint density at radius 3 is 2.90 bits per heavy atom. The topological polar surface area (TPSA) is 0 Å². The molecule has 0 unspecified atom stereocenters. The van der Waals surface area contributed by atoms with Crippen molar-refractivity contribution in [1.29, 1.82) is 0 Å². The van der Waals surface area contributed by atoms with Gasteiger partial charge in [-0.05, 0) is 0 Å². The Kier molecular flexibility index (Phi) is 4.18. The Hall–Kier alpha value is 0.270. The summed E-state index contributed by atoms with van der Waals surface area (Å²) in [6.07, 6.45) is 5.45. The van der Waals surface area contributed by atoms with Gasteiger partial charge in [0, 0.05) is 0 Å². The van der Waals surface area contributed by atoms with Crippen molar-refractivity contribution in [2.24, 2.45) is 0 Å². The van der Waals surface area contributed by atoms with Crippen LogP contribution in [0.5, 0.6) is 0 Å². The van der Waals surface area contributed by atoms with Crippen LogP contribution in [0.1, 0.15) is 31.7 Å². The average Bonchev–Trinajstić information content (AvgIpc) is 2.41. The van der Waals surface area contributed by atoms with E-state index in [4.69, 9.17) is 0 Å². The van der Waals surface area contributed by atoms with Gasteiger partial charge in [0.2, 0.25) is 0 Å². The molecule has 0 aromatic carbocycles. The van der Waals surface area contributed by atoms with Crippen molar-refractivity contribution >= 4 is 20.4 Å². The fourth-order valence-corrected chi connectivity index (χ4v) is 3.02. The average molecular weight is 250 g/mol. The van der Waals surface area contributed by atoms with Crippen molar-refractivity contribution in [2.75, 3.05) is 0 Å². The fourth-order valence-electron chi connectivity index (χ4n) is 1.01. The summed E-state index contributed by atoms with van der Waals surface area (Å²) >= 11 is 0.186. The summed E-state index contributed by atoms with van der Waals surface area (Å²) in [5.41, 5.74) is 1.61. The molecule has 0 bridgehead atoms. The summed E-state index contributed by atoms with van der Waals surface area (Å²) in [6, 6.07) is 2.32. The molecule has 56 valence electrons. The van der Waals surface area contributed by atoms with Gasteiger partial charge in [-0.3, -0.25) is 0 Å². The molecule has 0 fully saturated rings. The van der Waals surface area contributed by atoms with E-state index in [1.165, 1.54) is 25.7 Å². The minimum atomic E-state index is 0.186. The van der Waals surface area contributed by atoms with Gasteiger partial charge in [-0.2, -0.15) is 0 Å². The quantitative estimate of drug-likeness (QED) is 0.568. The molecule has 0 amide bonds. The van der Waals surface area contributed by atoms with Gasteiger partial charge in [0.1, 0.15) is 0 Å². The monoisotopic (exact) mass is 252 g/mol. The van der Waals surface area contributed by atoms with Gasteiger partial charge in [0.25, 0.3) is 0 Å². The van der Waals surface area contributed by atoms with Gasteiger partial charge in [0.05, 0.1) is 0 Å². The predicted molar refractivity (Wildman–Crippen MR) is 46.6 cm³/mol. The van der Waals surface area contributed by atoms with E-state index in [0.717, 1.165) is 0 Å². The first-order valence-corrected chi connectivity index (χ1v) is 6.63. The van der Waals surface area contributed by atoms with E-state index in [9.17, 15) is 0 Å². The second-order valence-electron chi connectivity index (χ2n) is 2.59. The molecule has 1 aromatic rings. The van der Waals surface area contributed by atoms with Crippen molar-refractivity contribution in [2.45, 2.75) is 32.6 Å². The van der Waals surface area contributed by atoms with E-state index in [1.54, 1.807) is 5.56 Å². The molecule has 0 saturated carbocycles. The zero-order chi connectivity index (χ0) is 7.23. The number of aryl methyl sites for hydroxylation is 1. The van der Waals surface area contributed by atoms with Crippen molar-refractivity contribution in [3.05, 3.63) is 19.8 Å². The third-order valence-electron chi connectivity index (χ3n) is 1.65. The molecule has 0 saturated heterocycles. The van der Waals surface area contributed by atoms with Crippen molar-refractivity contribution < 1.29 is 0 Å². The zero-order valence-electron chi connectivity index (χ0n) is 6.47. The van der Waals surface area contributed by atoms with Crippen LogP contribution in [0, 0.1) is 0 Å². The van der Waals surface area contributed by atoms with Crippen LogP contribution in [0.25, 0.3) is 0 Å². The van der Waals surface area contributed by atoms with Gasteiger partial charge in [-0.1, -0.05) is 0 Å². The summed E-state index contributed by atoms with van der Waals surface area (Å²) in [5.74, 6) is 0. The summed E-state index contributed by atoms with van der Waals surface area (Å²) in [6.45, 7) is 2.26. The van der Waals surface area contributed by atoms with Crippen LogP contribution < -0.4 is 0 Å². The van der Waals surface area contributed by atoms with E-state index in [-0.39, 0.29) is 20.4 Å². The molecular weight excluding hydrogens is 236 g/mol. The molecule has 0 aliphatic carbocycles. The van der Waals surface area contributed by atoms with Crippen molar-refractivity contribution in [3.63, 3.8) is 0 Å². The number of hydrogen-bond acceptors (Lipinski definition) is 0. The predicted octanol–water partition coefficient (Wildman–Crippen LogP) is 2.48. The third-order valence-corrected chi connectivity index (χ3v) is 3.74. The Bertz CT molecular complexity index is 153. The summed E-state index contributed by atoms with van der Waals surface area (Å²) < 4.78 is 4.83. The first-order chi connectivity index (χ1) is 4.93. The summed E-state index contributed by atoms with van der Waals surface area (Å²) in [5, 5.41) is 0. The van der Waals surface area contributed by atoms with Gasteiger partial charge >= 0.3 is 72.8 Å². The molecule has 0 aliphatic heterocycles. The number of unbranched alkanes of at least 4 members (excludes halogenated alkanes) is 2. The van der Waals surface area contributed by atoms with E-state index >= 15 is 0 Å². The van der Waals surface area contributed by atoms with Gasteiger partial charge in [-0.15, -0.1) is 0 Å². The first-order valence-electron chi connectivity index (χ1n) is 3.94. The van der Waals surface area contributed by atoms with E-state index < -0.39 is 0 Å². The molecule has 0 N–H and O–H groups in total. The standard InChI is InChI=1S/C9H14Te/c1-2-3-4-5-9-6-7-10-8-9/h6-8H,2-5H2,1H3. The van der Waals surface area contributed by atoms with E-state index in [2.05, 4.69) is 21.2 Å². The van der Waals surface area contributed by atoms with Crippen LogP contribution in [0.15, 0.2) is 14.2 Å². The van der Waals surface area contributed by atoms with Crippen LogP contribution in [0.3, 0.4) is 0 Å². The fraction of sp³-hybridized carbons (Fsp3) is 0.556. The molecule has 0 radical (unpaired) electrons. The Balaban J connectivity index is 2.15. The second kappa shape index (κ2) is 4.99. The van der Waals surface area contributed by atoms with Crippen LogP contribution in [-0.4, -0.2) is 20.4 Å². The Labute approximate surface area is 72.9 Å². The Morgan fingerprint density at radius 1 is 1.40 bits per heavy atom. The Morgan fingerprint density at radius 2 is 2.30 bits per heavy atom. The zero-order valence-corrected chi connectivity index (χ0v) is 8.80. The minimum absolute atomic E-state index is 0.186. The first kappa shape index (κ1) is 8.37. The number of rotatable bonds is 4. The van der Waals surface area contributed by atoms with Crippen LogP contribution >= 0.6 is 0 Å². The van der Waals surface area contributed by atoms with Crippen LogP contribution in [-0.2, 0) is 6.42 Å². The van der Waals surface area contributed by atoms with E-state index in [1.807, 2.05) is 0 Å².